The lowest BCUT2D eigenvalue weighted by molar-refractivity contribution is 0.761. The summed E-state index contributed by atoms with van der Waals surface area (Å²) in [5.41, 5.74) is 7.36. The van der Waals surface area contributed by atoms with Crippen LogP contribution in [0.4, 0.5) is 0 Å². The molecule has 0 aliphatic carbocycles. The number of rotatable bonds is 2. The topological polar surface area (TPSA) is 69.6 Å². The van der Waals surface area contributed by atoms with Crippen LogP contribution in [0.25, 0.3) is 5.69 Å². The van der Waals surface area contributed by atoms with Gasteiger partial charge in [-0.1, -0.05) is 17.7 Å². The van der Waals surface area contributed by atoms with Gasteiger partial charge in [0.05, 0.1) is 17.3 Å². The zero-order valence-corrected chi connectivity index (χ0v) is 8.94. The van der Waals surface area contributed by atoms with Gasteiger partial charge < -0.3 is 5.73 Å². The maximum Gasteiger partial charge on any atom is 0.170 e. The lowest BCUT2D eigenvalue weighted by Crippen LogP contribution is -2.08. The molecule has 15 heavy (non-hydrogen) atoms. The Balaban J connectivity index is 2.58. The number of nitrogens with two attached hydrogens (primary N) is 1. The van der Waals surface area contributed by atoms with Gasteiger partial charge in [-0.15, -0.1) is 5.10 Å². The summed E-state index contributed by atoms with van der Waals surface area (Å²) in [6.07, 6.45) is 0. The molecule has 0 spiro atoms. The third-order valence-corrected chi connectivity index (χ3v) is 2.37. The fourth-order valence-electron chi connectivity index (χ4n) is 1.31. The summed E-state index contributed by atoms with van der Waals surface area (Å²) in [6, 6.07) is 5.66. The number of nitrogens with zero attached hydrogens (tertiary/aromatic N) is 4. The van der Waals surface area contributed by atoms with Crippen molar-refractivity contribution in [3.8, 4) is 5.69 Å². The second-order valence-electron chi connectivity index (χ2n) is 3.17. The molecule has 2 rings (SSSR count). The van der Waals surface area contributed by atoms with Crippen molar-refractivity contribution in [3.05, 3.63) is 34.6 Å². The second kappa shape index (κ2) is 3.96. The summed E-state index contributed by atoms with van der Waals surface area (Å²) >= 11 is 6.06. The first-order valence-electron chi connectivity index (χ1n) is 4.46. The molecule has 0 amide bonds. The molecule has 0 bridgehead atoms. The van der Waals surface area contributed by atoms with E-state index in [0.29, 0.717) is 10.8 Å². The number of benzene rings is 1. The summed E-state index contributed by atoms with van der Waals surface area (Å²) < 4.78 is 1.55. The van der Waals surface area contributed by atoms with Crippen LogP contribution in [-0.2, 0) is 6.54 Å². The molecular weight excluding hydrogens is 214 g/mol. The normalized spacial score (nSPS) is 10.6. The molecule has 5 nitrogen and oxygen atoms in total. The van der Waals surface area contributed by atoms with Crippen LogP contribution >= 0.6 is 11.6 Å². The minimum absolute atomic E-state index is 0.275. The van der Waals surface area contributed by atoms with Gasteiger partial charge in [-0.25, -0.2) is 0 Å². The van der Waals surface area contributed by atoms with Crippen LogP contribution in [-0.4, -0.2) is 20.2 Å². The summed E-state index contributed by atoms with van der Waals surface area (Å²) in [5.74, 6) is 0.586. The first kappa shape index (κ1) is 10.1. The average Bonchev–Trinajstić information content (AvgIpc) is 2.69. The highest BCUT2D eigenvalue weighted by Crippen LogP contribution is 2.21. The van der Waals surface area contributed by atoms with E-state index in [9.17, 15) is 0 Å². The van der Waals surface area contributed by atoms with Crippen LogP contribution in [0.1, 0.15) is 11.4 Å². The van der Waals surface area contributed by atoms with Gasteiger partial charge in [0.25, 0.3) is 0 Å². The third kappa shape index (κ3) is 1.84. The SMILES string of the molecule is Cc1ccc(Cl)c(-n2nnnc2CN)c1. The van der Waals surface area contributed by atoms with Gasteiger partial charge in [0, 0.05) is 0 Å². The van der Waals surface area contributed by atoms with Gasteiger partial charge in [0.2, 0.25) is 0 Å². The smallest absolute Gasteiger partial charge is 0.170 e. The van der Waals surface area contributed by atoms with Crippen molar-refractivity contribution in [3.63, 3.8) is 0 Å². The van der Waals surface area contributed by atoms with E-state index in [1.54, 1.807) is 4.68 Å². The standard InChI is InChI=1S/C9H10ClN5/c1-6-2-3-7(10)8(4-6)15-9(5-11)12-13-14-15/h2-4H,5,11H2,1H3. The predicted molar refractivity (Wildman–Crippen MR) is 56.8 cm³/mol. The zero-order chi connectivity index (χ0) is 10.8. The van der Waals surface area contributed by atoms with E-state index in [0.717, 1.165) is 11.3 Å². The molecule has 0 unspecified atom stereocenters. The quantitative estimate of drug-likeness (QED) is 0.827. The Morgan fingerprint density at radius 3 is 3.00 bits per heavy atom. The minimum Gasteiger partial charge on any atom is -0.324 e. The molecule has 2 N–H and O–H groups in total. The van der Waals surface area contributed by atoms with E-state index in [-0.39, 0.29) is 6.54 Å². The first-order chi connectivity index (χ1) is 7.22. The number of halogens is 1. The number of tetrazole rings is 1. The van der Waals surface area contributed by atoms with Gasteiger partial charge in [0.15, 0.2) is 5.82 Å². The number of aryl methyl sites for hydroxylation is 1. The Hall–Kier alpha value is -1.46. The van der Waals surface area contributed by atoms with Gasteiger partial charge in [0.1, 0.15) is 0 Å². The van der Waals surface area contributed by atoms with E-state index in [2.05, 4.69) is 15.5 Å². The maximum atomic E-state index is 6.06. The monoisotopic (exact) mass is 223 g/mol. The Kier molecular flexibility index (Phi) is 2.66. The molecule has 0 saturated carbocycles. The lowest BCUT2D eigenvalue weighted by Gasteiger charge is -2.06. The summed E-state index contributed by atoms with van der Waals surface area (Å²) in [7, 11) is 0. The Labute approximate surface area is 91.8 Å². The van der Waals surface area contributed by atoms with E-state index in [4.69, 9.17) is 17.3 Å². The highest BCUT2D eigenvalue weighted by molar-refractivity contribution is 6.32. The highest BCUT2D eigenvalue weighted by atomic mass is 35.5. The van der Waals surface area contributed by atoms with Crippen molar-refractivity contribution in [2.45, 2.75) is 13.5 Å². The molecule has 78 valence electrons. The summed E-state index contributed by atoms with van der Waals surface area (Å²) in [6.45, 7) is 2.25. The van der Waals surface area contributed by atoms with Gasteiger partial charge in [-0.2, -0.15) is 4.68 Å². The third-order valence-electron chi connectivity index (χ3n) is 2.05. The molecule has 0 atom stereocenters. The largest absolute Gasteiger partial charge is 0.324 e. The fraction of sp³-hybridized carbons (Fsp3) is 0.222. The summed E-state index contributed by atoms with van der Waals surface area (Å²) in [4.78, 5) is 0. The maximum absolute atomic E-state index is 6.06. The number of hydrogen-bond acceptors (Lipinski definition) is 4. The molecule has 2 aromatic rings. The van der Waals surface area contributed by atoms with Crippen molar-refractivity contribution >= 4 is 11.6 Å². The van der Waals surface area contributed by atoms with Crippen molar-refractivity contribution in [1.29, 1.82) is 0 Å². The predicted octanol–water partition coefficient (Wildman–Crippen LogP) is 1.08. The Bertz CT molecular complexity index is 479. The van der Waals surface area contributed by atoms with E-state index in [1.807, 2.05) is 25.1 Å². The first-order valence-corrected chi connectivity index (χ1v) is 4.84. The molecule has 6 heteroatoms. The van der Waals surface area contributed by atoms with Crippen LogP contribution in [0.2, 0.25) is 5.02 Å². The second-order valence-corrected chi connectivity index (χ2v) is 3.57. The number of hydrogen-bond donors (Lipinski definition) is 1. The summed E-state index contributed by atoms with van der Waals surface area (Å²) in [5, 5.41) is 11.8. The van der Waals surface area contributed by atoms with Gasteiger partial charge in [-0.05, 0) is 35.0 Å². The van der Waals surface area contributed by atoms with Crippen LogP contribution in [0.15, 0.2) is 18.2 Å². The highest BCUT2D eigenvalue weighted by Gasteiger charge is 2.09. The zero-order valence-electron chi connectivity index (χ0n) is 8.18. The van der Waals surface area contributed by atoms with Gasteiger partial charge in [-0.3, -0.25) is 0 Å². The molecule has 0 radical (unpaired) electrons. The lowest BCUT2D eigenvalue weighted by atomic mass is 10.2. The Morgan fingerprint density at radius 1 is 1.47 bits per heavy atom. The van der Waals surface area contributed by atoms with Crippen LogP contribution in [0.5, 0.6) is 0 Å². The molecule has 0 aliphatic rings. The van der Waals surface area contributed by atoms with Crippen LogP contribution in [0, 0.1) is 6.92 Å². The molecule has 0 fully saturated rings. The van der Waals surface area contributed by atoms with Crippen molar-refractivity contribution in [2.24, 2.45) is 5.73 Å². The van der Waals surface area contributed by atoms with Crippen LogP contribution in [0.3, 0.4) is 0 Å². The molecule has 1 aromatic carbocycles. The minimum atomic E-state index is 0.275. The molecule has 0 saturated heterocycles. The van der Waals surface area contributed by atoms with Crippen molar-refractivity contribution in [1.82, 2.24) is 20.2 Å². The van der Waals surface area contributed by atoms with E-state index < -0.39 is 0 Å². The number of aromatic nitrogens is 4. The molecule has 1 heterocycles. The van der Waals surface area contributed by atoms with Crippen LogP contribution < -0.4 is 5.73 Å². The van der Waals surface area contributed by atoms with Crippen molar-refractivity contribution in [2.75, 3.05) is 0 Å². The average molecular weight is 224 g/mol. The van der Waals surface area contributed by atoms with E-state index >= 15 is 0 Å². The fourth-order valence-corrected chi connectivity index (χ4v) is 1.50. The molecule has 0 aliphatic heterocycles. The Morgan fingerprint density at radius 2 is 2.27 bits per heavy atom. The molecule has 1 aromatic heterocycles. The van der Waals surface area contributed by atoms with E-state index in [1.165, 1.54) is 0 Å². The van der Waals surface area contributed by atoms with Gasteiger partial charge >= 0.3 is 0 Å². The molecular formula is C9H10ClN5. The van der Waals surface area contributed by atoms with Crippen molar-refractivity contribution < 1.29 is 0 Å².